The van der Waals surface area contributed by atoms with Crippen molar-refractivity contribution >= 4 is 10.8 Å². The van der Waals surface area contributed by atoms with Crippen molar-refractivity contribution in [3.8, 4) is 22.4 Å². The number of aryl methyl sites for hydroxylation is 1. The molecule has 3 heteroatoms. The smallest absolute Gasteiger partial charge is 0.114 e. The van der Waals surface area contributed by atoms with Crippen molar-refractivity contribution in [2.24, 2.45) is 0 Å². The van der Waals surface area contributed by atoms with E-state index in [2.05, 4.69) is 83.0 Å². The molecular formula is C19H15N3. The Hall–Kier alpha value is -2.94. The highest BCUT2D eigenvalue weighted by Gasteiger charge is 2.13. The van der Waals surface area contributed by atoms with Crippen LogP contribution in [-0.4, -0.2) is 15.4 Å². The van der Waals surface area contributed by atoms with E-state index in [1.165, 1.54) is 27.5 Å². The zero-order valence-electron chi connectivity index (χ0n) is 12.2. The quantitative estimate of drug-likeness (QED) is 0.584. The van der Waals surface area contributed by atoms with E-state index in [1.54, 1.807) is 6.20 Å². The summed E-state index contributed by atoms with van der Waals surface area (Å²) in [6, 6.07) is 21.3. The second-order valence-electron chi connectivity index (χ2n) is 5.43. The average Bonchev–Trinajstić information content (AvgIpc) is 3.09. The zero-order chi connectivity index (χ0) is 14.9. The van der Waals surface area contributed by atoms with Gasteiger partial charge in [-0.05, 0) is 28.8 Å². The minimum absolute atomic E-state index is 0.868. The molecule has 0 spiro atoms. The van der Waals surface area contributed by atoms with E-state index >= 15 is 0 Å². The molecule has 0 bridgehead atoms. The summed E-state index contributed by atoms with van der Waals surface area (Å²) in [5.74, 6) is 0. The maximum Gasteiger partial charge on any atom is 0.114 e. The molecule has 0 unspecified atom stereocenters. The third kappa shape index (κ3) is 2.07. The first-order chi connectivity index (χ1) is 10.8. The van der Waals surface area contributed by atoms with Gasteiger partial charge in [0.05, 0.1) is 6.20 Å². The Morgan fingerprint density at radius 3 is 2.45 bits per heavy atom. The lowest BCUT2D eigenvalue weighted by atomic mass is 9.92. The fourth-order valence-electron chi connectivity index (χ4n) is 2.84. The normalized spacial score (nSPS) is 11.0. The summed E-state index contributed by atoms with van der Waals surface area (Å²) in [5, 5.41) is 13.4. The lowest BCUT2D eigenvalue weighted by molar-refractivity contribution is 0.942. The molecule has 22 heavy (non-hydrogen) atoms. The average molecular weight is 285 g/mol. The Labute approximate surface area is 128 Å². The number of H-pyrrole nitrogens is 1. The molecule has 0 fully saturated rings. The number of benzene rings is 3. The molecule has 1 aromatic heterocycles. The Bertz CT molecular complexity index is 923. The standard InChI is InChI=1S/C19H15N3/c1-13-6-8-15(9-7-13)17-11-10-14-4-2-3-5-16(14)19(17)18-12-20-22-21-18/h2-12H,1H3,(H,20,21,22). The van der Waals surface area contributed by atoms with Crippen LogP contribution in [-0.2, 0) is 0 Å². The van der Waals surface area contributed by atoms with Crippen LogP contribution in [0, 0.1) is 6.92 Å². The molecule has 0 amide bonds. The molecule has 106 valence electrons. The second kappa shape index (κ2) is 5.11. The molecule has 0 radical (unpaired) electrons. The van der Waals surface area contributed by atoms with Gasteiger partial charge in [0.2, 0.25) is 0 Å². The second-order valence-corrected chi connectivity index (χ2v) is 5.43. The van der Waals surface area contributed by atoms with Crippen LogP contribution >= 0.6 is 0 Å². The minimum Gasteiger partial charge on any atom is -0.197 e. The lowest BCUT2D eigenvalue weighted by Gasteiger charge is -2.12. The highest BCUT2D eigenvalue weighted by molar-refractivity contribution is 6.03. The summed E-state index contributed by atoms with van der Waals surface area (Å²) in [6.07, 6.45) is 1.78. The van der Waals surface area contributed by atoms with Crippen LogP contribution in [0.25, 0.3) is 33.2 Å². The van der Waals surface area contributed by atoms with Gasteiger partial charge in [-0.25, -0.2) is 0 Å². The van der Waals surface area contributed by atoms with Crippen LogP contribution < -0.4 is 0 Å². The van der Waals surface area contributed by atoms with E-state index in [0.717, 1.165) is 11.3 Å². The molecule has 0 aliphatic carbocycles. The monoisotopic (exact) mass is 285 g/mol. The molecule has 3 nitrogen and oxygen atoms in total. The minimum atomic E-state index is 0.868. The largest absolute Gasteiger partial charge is 0.197 e. The van der Waals surface area contributed by atoms with Crippen LogP contribution in [0.2, 0.25) is 0 Å². The van der Waals surface area contributed by atoms with Gasteiger partial charge in [-0.3, -0.25) is 0 Å². The molecule has 3 aromatic carbocycles. The van der Waals surface area contributed by atoms with Crippen LogP contribution in [0.15, 0.2) is 66.9 Å². The summed E-state index contributed by atoms with van der Waals surface area (Å²) < 4.78 is 0. The number of aromatic amines is 1. The van der Waals surface area contributed by atoms with Gasteiger partial charge in [0.1, 0.15) is 5.69 Å². The number of hydrogen-bond acceptors (Lipinski definition) is 2. The van der Waals surface area contributed by atoms with Crippen molar-refractivity contribution in [1.82, 2.24) is 15.4 Å². The highest BCUT2D eigenvalue weighted by Crippen LogP contribution is 2.36. The lowest BCUT2D eigenvalue weighted by Crippen LogP contribution is -1.88. The maximum atomic E-state index is 4.30. The molecule has 0 aliphatic rings. The summed E-state index contributed by atoms with van der Waals surface area (Å²) >= 11 is 0. The zero-order valence-corrected chi connectivity index (χ0v) is 12.2. The fourth-order valence-corrected chi connectivity index (χ4v) is 2.84. The van der Waals surface area contributed by atoms with Crippen molar-refractivity contribution in [3.05, 3.63) is 72.4 Å². The van der Waals surface area contributed by atoms with Crippen LogP contribution in [0.4, 0.5) is 0 Å². The van der Waals surface area contributed by atoms with Gasteiger partial charge in [0.25, 0.3) is 0 Å². The molecular weight excluding hydrogens is 270 g/mol. The van der Waals surface area contributed by atoms with Gasteiger partial charge in [-0.15, -0.1) is 0 Å². The SMILES string of the molecule is Cc1ccc(-c2ccc3ccccc3c2-c2cn[nH]n2)cc1. The van der Waals surface area contributed by atoms with Crippen molar-refractivity contribution in [3.63, 3.8) is 0 Å². The first kappa shape index (κ1) is 12.8. The Morgan fingerprint density at radius 2 is 1.68 bits per heavy atom. The fraction of sp³-hybridized carbons (Fsp3) is 0.0526. The number of fused-ring (bicyclic) bond motifs is 1. The van der Waals surface area contributed by atoms with Gasteiger partial charge >= 0.3 is 0 Å². The molecule has 1 heterocycles. The Morgan fingerprint density at radius 1 is 0.864 bits per heavy atom. The number of aromatic nitrogens is 3. The predicted molar refractivity (Wildman–Crippen MR) is 89.5 cm³/mol. The number of hydrogen-bond donors (Lipinski definition) is 1. The molecule has 1 N–H and O–H groups in total. The van der Waals surface area contributed by atoms with E-state index in [-0.39, 0.29) is 0 Å². The maximum absolute atomic E-state index is 4.30. The molecule has 0 saturated carbocycles. The van der Waals surface area contributed by atoms with Gasteiger partial charge in [-0.1, -0.05) is 66.2 Å². The first-order valence-electron chi connectivity index (χ1n) is 7.28. The van der Waals surface area contributed by atoms with Crippen molar-refractivity contribution in [1.29, 1.82) is 0 Å². The van der Waals surface area contributed by atoms with E-state index in [0.29, 0.717) is 0 Å². The van der Waals surface area contributed by atoms with Gasteiger partial charge in [-0.2, -0.15) is 15.4 Å². The van der Waals surface area contributed by atoms with Crippen molar-refractivity contribution < 1.29 is 0 Å². The van der Waals surface area contributed by atoms with E-state index in [1.807, 2.05) is 0 Å². The third-order valence-corrected chi connectivity index (χ3v) is 3.96. The molecule has 4 rings (SSSR count). The van der Waals surface area contributed by atoms with Crippen molar-refractivity contribution in [2.45, 2.75) is 6.92 Å². The molecule has 0 atom stereocenters. The summed E-state index contributed by atoms with van der Waals surface area (Å²) in [7, 11) is 0. The number of nitrogens with one attached hydrogen (secondary N) is 1. The van der Waals surface area contributed by atoms with Gasteiger partial charge in [0.15, 0.2) is 0 Å². The van der Waals surface area contributed by atoms with E-state index in [9.17, 15) is 0 Å². The summed E-state index contributed by atoms with van der Waals surface area (Å²) in [4.78, 5) is 0. The summed E-state index contributed by atoms with van der Waals surface area (Å²) in [6.45, 7) is 2.10. The van der Waals surface area contributed by atoms with Crippen LogP contribution in [0.5, 0.6) is 0 Å². The number of rotatable bonds is 2. The van der Waals surface area contributed by atoms with Gasteiger partial charge < -0.3 is 0 Å². The summed E-state index contributed by atoms with van der Waals surface area (Å²) in [5.41, 5.74) is 5.61. The predicted octanol–water partition coefficient (Wildman–Crippen LogP) is 4.60. The van der Waals surface area contributed by atoms with Crippen molar-refractivity contribution in [2.75, 3.05) is 0 Å². The highest BCUT2D eigenvalue weighted by atomic mass is 15.3. The molecule has 0 aliphatic heterocycles. The van der Waals surface area contributed by atoms with Crippen LogP contribution in [0.1, 0.15) is 5.56 Å². The Kier molecular flexibility index (Phi) is 2.97. The van der Waals surface area contributed by atoms with E-state index < -0.39 is 0 Å². The Balaban J connectivity index is 2.06. The topological polar surface area (TPSA) is 41.6 Å². The van der Waals surface area contributed by atoms with Crippen LogP contribution in [0.3, 0.4) is 0 Å². The molecule has 0 saturated heterocycles. The van der Waals surface area contributed by atoms with Gasteiger partial charge in [0, 0.05) is 5.56 Å². The molecule has 4 aromatic rings. The number of nitrogens with zero attached hydrogens (tertiary/aromatic N) is 2. The van der Waals surface area contributed by atoms with E-state index in [4.69, 9.17) is 0 Å². The first-order valence-corrected chi connectivity index (χ1v) is 7.28. The third-order valence-electron chi connectivity index (χ3n) is 3.96.